The van der Waals surface area contributed by atoms with E-state index in [1.165, 1.54) is 0 Å². The quantitative estimate of drug-likeness (QED) is 0.890. The van der Waals surface area contributed by atoms with Crippen molar-refractivity contribution in [2.75, 3.05) is 39.3 Å². The lowest BCUT2D eigenvalue weighted by atomic mass is 9.83. The summed E-state index contributed by atoms with van der Waals surface area (Å²) < 4.78 is 5.54. The molecule has 2 aliphatic heterocycles. The summed E-state index contributed by atoms with van der Waals surface area (Å²) in [6, 6.07) is 9.35. The number of carbonyl (C=O) groups excluding carboxylic acids is 2. The molecule has 6 heteroatoms. The molecule has 2 amide bonds. The Bertz CT molecular complexity index is 582. The minimum absolute atomic E-state index is 0.0204. The number of ether oxygens (including phenoxy) is 1. The van der Waals surface area contributed by atoms with Crippen LogP contribution in [0.2, 0.25) is 0 Å². The van der Waals surface area contributed by atoms with Crippen LogP contribution in [-0.4, -0.2) is 66.5 Å². The zero-order valence-corrected chi connectivity index (χ0v) is 14.2. The van der Waals surface area contributed by atoms with Crippen molar-refractivity contribution in [2.24, 2.45) is 0 Å². The molecule has 0 aliphatic carbocycles. The number of nitrogens with one attached hydrogen (secondary N) is 1. The fourth-order valence-electron chi connectivity index (χ4n) is 3.71. The topological polar surface area (TPSA) is 61.9 Å². The average Bonchev–Trinajstić information content (AvgIpc) is 2.63. The van der Waals surface area contributed by atoms with E-state index in [2.05, 4.69) is 17.1 Å². The van der Waals surface area contributed by atoms with Gasteiger partial charge in [0, 0.05) is 26.2 Å². The molecule has 6 nitrogen and oxygen atoms in total. The van der Waals surface area contributed by atoms with Crippen molar-refractivity contribution in [3.63, 3.8) is 0 Å². The Hall–Kier alpha value is -2.08. The first-order valence-electron chi connectivity index (χ1n) is 8.65. The minimum Gasteiger partial charge on any atom is -0.484 e. The van der Waals surface area contributed by atoms with E-state index in [-0.39, 0.29) is 18.4 Å². The molecule has 2 fully saturated rings. The van der Waals surface area contributed by atoms with Crippen LogP contribution < -0.4 is 10.1 Å². The number of likely N-dealkylation sites (N-methyl/N-ethyl adjacent to an activating group) is 1. The molecule has 2 aliphatic rings. The molecule has 0 atom stereocenters. The van der Waals surface area contributed by atoms with Gasteiger partial charge in [-0.1, -0.05) is 25.1 Å². The van der Waals surface area contributed by atoms with Gasteiger partial charge in [0.05, 0.1) is 0 Å². The van der Waals surface area contributed by atoms with E-state index < -0.39 is 5.54 Å². The highest BCUT2D eigenvalue weighted by Gasteiger charge is 2.47. The highest BCUT2D eigenvalue weighted by molar-refractivity contribution is 5.87. The van der Waals surface area contributed by atoms with E-state index >= 15 is 0 Å². The lowest BCUT2D eigenvalue weighted by molar-refractivity contribution is -0.146. The highest BCUT2D eigenvalue weighted by atomic mass is 16.5. The summed E-state index contributed by atoms with van der Waals surface area (Å²) in [5.74, 6) is 0.791. The predicted octanol–water partition coefficient (Wildman–Crippen LogP) is 0.878. The molecule has 1 spiro atoms. The average molecular weight is 331 g/mol. The maximum absolute atomic E-state index is 12.4. The van der Waals surface area contributed by atoms with Crippen LogP contribution in [0.5, 0.6) is 5.75 Å². The maximum Gasteiger partial charge on any atom is 0.260 e. The largest absolute Gasteiger partial charge is 0.484 e. The van der Waals surface area contributed by atoms with Crippen LogP contribution in [0, 0.1) is 0 Å². The number of hydrogen-bond donors (Lipinski definition) is 1. The number of benzene rings is 1. The van der Waals surface area contributed by atoms with Crippen molar-refractivity contribution in [3.8, 4) is 5.75 Å². The fourth-order valence-corrected chi connectivity index (χ4v) is 3.71. The summed E-state index contributed by atoms with van der Waals surface area (Å²) in [5.41, 5.74) is -0.440. The van der Waals surface area contributed by atoms with Crippen LogP contribution in [0.4, 0.5) is 0 Å². The van der Waals surface area contributed by atoms with Crippen molar-refractivity contribution in [1.82, 2.24) is 15.1 Å². The van der Waals surface area contributed by atoms with Crippen molar-refractivity contribution in [3.05, 3.63) is 30.3 Å². The van der Waals surface area contributed by atoms with Gasteiger partial charge < -0.3 is 15.0 Å². The van der Waals surface area contributed by atoms with Crippen LogP contribution in [0.15, 0.2) is 30.3 Å². The normalized spacial score (nSPS) is 20.7. The second kappa shape index (κ2) is 7.21. The number of rotatable bonds is 4. The molecule has 24 heavy (non-hydrogen) atoms. The highest BCUT2D eigenvalue weighted by Crippen LogP contribution is 2.31. The number of amides is 2. The van der Waals surface area contributed by atoms with Crippen molar-refractivity contribution in [2.45, 2.75) is 25.3 Å². The van der Waals surface area contributed by atoms with Crippen LogP contribution in [-0.2, 0) is 9.59 Å². The lowest BCUT2D eigenvalue weighted by Crippen LogP contribution is -2.68. The third-order valence-corrected chi connectivity index (χ3v) is 5.13. The number of likely N-dealkylation sites (tertiary alicyclic amines) is 1. The Balaban J connectivity index is 1.56. The standard InChI is InChI=1S/C18H25N3O3/c1-2-21-13-10-19-17(23)18(21)8-11-20(12-9-18)16(22)14-24-15-6-4-3-5-7-15/h3-7H,2,8-14H2,1H3,(H,19,23). The van der Waals surface area contributed by atoms with Gasteiger partial charge in [0.1, 0.15) is 11.3 Å². The van der Waals surface area contributed by atoms with Gasteiger partial charge in [-0.3, -0.25) is 14.5 Å². The molecular formula is C18H25N3O3. The van der Waals surface area contributed by atoms with Crippen molar-refractivity contribution >= 4 is 11.8 Å². The molecule has 1 aromatic rings. The smallest absolute Gasteiger partial charge is 0.260 e. The van der Waals surface area contributed by atoms with Crippen LogP contribution >= 0.6 is 0 Å². The summed E-state index contributed by atoms with van der Waals surface area (Å²) >= 11 is 0. The van der Waals surface area contributed by atoms with Gasteiger partial charge in [0.2, 0.25) is 5.91 Å². The van der Waals surface area contributed by atoms with Crippen molar-refractivity contribution < 1.29 is 14.3 Å². The Morgan fingerprint density at radius 2 is 1.92 bits per heavy atom. The second-order valence-corrected chi connectivity index (χ2v) is 6.35. The van der Waals surface area contributed by atoms with E-state index in [4.69, 9.17) is 4.74 Å². The van der Waals surface area contributed by atoms with Gasteiger partial charge >= 0.3 is 0 Å². The minimum atomic E-state index is -0.440. The summed E-state index contributed by atoms with van der Waals surface area (Å²) in [4.78, 5) is 28.9. The monoisotopic (exact) mass is 331 g/mol. The summed E-state index contributed by atoms with van der Waals surface area (Å²) in [6.07, 6.45) is 1.37. The molecule has 0 saturated carbocycles. The zero-order valence-electron chi connectivity index (χ0n) is 14.2. The Kier molecular flexibility index (Phi) is 5.04. The van der Waals surface area contributed by atoms with Crippen molar-refractivity contribution in [1.29, 1.82) is 0 Å². The molecule has 2 heterocycles. The van der Waals surface area contributed by atoms with E-state index in [0.717, 1.165) is 13.1 Å². The number of piperazine rings is 1. The van der Waals surface area contributed by atoms with E-state index in [1.807, 2.05) is 35.2 Å². The molecule has 1 N–H and O–H groups in total. The Morgan fingerprint density at radius 1 is 1.21 bits per heavy atom. The maximum atomic E-state index is 12.4. The zero-order chi connectivity index (χ0) is 17.0. The van der Waals surface area contributed by atoms with Gasteiger partial charge in [-0.2, -0.15) is 0 Å². The molecule has 0 aromatic heterocycles. The Labute approximate surface area is 142 Å². The van der Waals surface area contributed by atoms with Gasteiger partial charge in [-0.25, -0.2) is 0 Å². The van der Waals surface area contributed by atoms with Gasteiger partial charge in [0.15, 0.2) is 6.61 Å². The van der Waals surface area contributed by atoms with Gasteiger partial charge in [0.25, 0.3) is 5.91 Å². The molecule has 0 bridgehead atoms. The van der Waals surface area contributed by atoms with E-state index in [1.54, 1.807) is 0 Å². The fraction of sp³-hybridized carbons (Fsp3) is 0.556. The van der Waals surface area contributed by atoms with Crippen LogP contribution in [0.1, 0.15) is 19.8 Å². The summed E-state index contributed by atoms with van der Waals surface area (Å²) in [5, 5.41) is 2.99. The molecule has 1 aromatic carbocycles. The number of hydrogen-bond acceptors (Lipinski definition) is 4. The second-order valence-electron chi connectivity index (χ2n) is 6.35. The summed E-state index contributed by atoms with van der Waals surface area (Å²) in [7, 11) is 0. The molecular weight excluding hydrogens is 306 g/mol. The van der Waals surface area contributed by atoms with Gasteiger partial charge in [-0.15, -0.1) is 0 Å². The first kappa shape index (κ1) is 16.8. The molecule has 0 radical (unpaired) electrons. The SMILES string of the molecule is CCN1CCNC(=O)C12CCN(C(=O)COc1ccccc1)CC2. The third kappa shape index (κ3) is 3.24. The molecule has 130 valence electrons. The molecule has 2 saturated heterocycles. The first-order valence-corrected chi connectivity index (χ1v) is 8.65. The number of para-hydroxylation sites is 1. The Morgan fingerprint density at radius 3 is 2.58 bits per heavy atom. The third-order valence-electron chi connectivity index (χ3n) is 5.13. The number of piperidine rings is 1. The summed E-state index contributed by atoms with van der Waals surface area (Å²) in [6.45, 7) is 5.78. The van der Waals surface area contributed by atoms with Gasteiger partial charge in [-0.05, 0) is 31.5 Å². The van der Waals surface area contributed by atoms with Crippen LogP contribution in [0.25, 0.3) is 0 Å². The molecule has 3 rings (SSSR count). The number of carbonyl (C=O) groups is 2. The van der Waals surface area contributed by atoms with Crippen LogP contribution in [0.3, 0.4) is 0 Å². The predicted molar refractivity (Wildman–Crippen MR) is 90.7 cm³/mol. The van der Waals surface area contributed by atoms with E-state index in [9.17, 15) is 9.59 Å². The van der Waals surface area contributed by atoms with E-state index in [0.29, 0.717) is 38.2 Å². The lowest BCUT2D eigenvalue weighted by Gasteiger charge is -2.49. The molecule has 0 unspecified atom stereocenters. The first-order chi connectivity index (χ1) is 11.7. The number of nitrogens with zero attached hydrogens (tertiary/aromatic N) is 2.